The van der Waals surface area contributed by atoms with Gasteiger partial charge in [0.1, 0.15) is 11.8 Å². The fourth-order valence-electron chi connectivity index (χ4n) is 1.64. The molecule has 1 atom stereocenters. The van der Waals surface area contributed by atoms with E-state index in [4.69, 9.17) is 0 Å². The molecular formula is C13H16F3NO5S. The number of ether oxygens (including phenoxy) is 2. The first kappa shape index (κ1) is 19.2. The van der Waals surface area contributed by atoms with Crippen LogP contribution < -0.4 is 9.46 Å². The molecule has 0 aliphatic heterocycles. The van der Waals surface area contributed by atoms with Crippen molar-refractivity contribution in [3.63, 3.8) is 0 Å². The lowest BCUT2D eigenvalue weighted by atomic mass is 10.1. The number of hydrogen-bond donors (Lipinski definition) is 1. The minimum absolute atomic E-state index is 0.304. The van der Waals surface area contributed by atoms with Gasteiger partial charge in [0.25, 0.3) is 0 Å². The predicted molar refractivity (Wildman–Crippen MR) is 74.1 cm³/mol. The molecule has 1 N–H and O–H groups in total. The number of halogens is 3. The van der Waals surface area contributed by atoms with Gasteiger partial charge < -0.3 is 9.47 Å². The molecule has 0 amide bonds. The monoisotopic (exact) mass is 355 g/mol. The second kappa shape index (κ2) is 7.18. The van der Waals surface area contributed by atoms with Crippen molar-refractivity contribution < 1.29 is 35.9 Å². The first-order valence-corrected chi connectivity index (χ1v) is 7.90. The summed E-state index contributed by atoms with van der Waals surface area (Å²) in [5, 5.41) is 0. The number of carbonyl (C=O) groups is 1. The van der Waals surface area contributed by atoms with Gasteiger partial charge in [0.05, 0.1) is 12.0 Å². The van der Waals surface area contributed by atoms with Gasteiger partial charge in [-0.15, -0.1) is 13.2 Å². The molecule has 0 bridgehead atoms. The first-order chi connectivity index (χ1) is 10.5. The van der Waals surface area contributed by atoms with E-state index in [-0.39, 0.29) is 10.8 Å². The molecule has 0 saturated heterocycles. The number of benzene rings is 1. The quantitative estimate of drug-likeness (QED) is 0.790. The summed E-state index contributed by atoms with van der Waals surface area (Å²) in [5.41, 5.74) is 0. The van der Waals surface area contributed by atoms with Crippen LogP contribution in [0.2, 0.25) is 0 Å². The van der Waals surface area contributed by atoms with Crippen LogP contribution in [0.5, 0.6) is 5.75 Å². The molecule has 130 valence electrons. The Bertz CT molecular complexity index is 641. The van der Waals surface area contributed by atoms with E-state index >= 15 is 0 Å². The third kappa shape index (κ3) is 5.71. The standard InChI is InChI=1S/C13H16F3NO5S/c1-8(2)11(12(18)21-3)17-23(19,20)10-6-4-9(5-7-10)22-13(14,15)16/h4-8,11,17H,1-3H3. The van der Waals surface area contributed by atoms with E-state index < -0.39 is 34.1 Å². The van der Waals surface area contributed by atoms with Gasteiger partial charge in [0, 0.05) is 0 Å². The fraction of sp³-hybridized carbons (Fsp3) is 0.462. The molecule has 0 spiro atoms. The Morgan fingerprint density at radius 1 is 1.17 bits per heavy atom. The van der Waals surface area contributed by atoms with E-state index in [9.17, 15) is 26.4 Å². The van der Waals surface area contributed by atoms with Crippen LogP contribution in [-0.2, 0) is 19.6 Å². The summed E-state index contributed by atoms with van der Waals surface area (Å²) < 4.78 is 70.9. The number of esters is 1. The molecule has 0 heterocycles. The number of sulfonamides is 1. The molecule has 0 aromatic heterocycles. The lowest BCUT2D eigenvalue weighted by Gasteiger charge is -2.19. The van der Waals surface area contributed by atoms with Gasteiger partial charge in [0.15, 0.2) is 0 Å². The van der Waals surface area contributed by atoms with Crippen LogP contribution in [0, 0.1) is 5.92 Å². The third-order valence-corrected chi connectivity index (χ3v) is 4.23. The summed E-state index contributed by atoms with van der Waals surface area (Å²) in [7, 11) is -2.99. The van der Waals surface area contributed by atoms with Gasteiger partial charge in [-0.1, -0.05) is 13.8 Å². The van der Waals surface area contributed by atoms with Gasteiger partial charge in [-0.3, -0.25) is 4.79 Å². The summed E-state index contributed by atoms with van der Waals surface area (Å²) in [6.45, 7) is 3.23. The Hall–Kier alpha value is -1.81. The largest absolute Gasteiger partial charge is 0.573 e. The Balaban J connectivity index is 2.97. The highest BCUT2D eigenvalue weighted by Crippen LogP contribution is 2.24. The van der Waals surface area contributed by atoms with Gasteiger partial charge in [-0.25, -0.2) is 8.42 Å². The van der Waals surface area contributed by atoms with Crippen LogP contribution in [0.15, 0.2) is 29.2 Å². The summed E-state index contributed by atoms with van der Waals surface area (Å²) in [6.07, 6.45) is -4.87. The Morgan fingerprint density at radius 3 is 2.09 bits per heavy atom. The Labute approximate surface area is 131 Å². The molecule has 0 aliphatic rings. The van der Waals surface area contributed by atoms with E-state index in [0.29, 0.717) is 0 Å². The number of nitrogens with one attached hydrogen (secondary N) is 1. The molecular weight excluding hydrogens is 339 g/mol. The fourth-order valence-corrected chi connectivity index (χ4v) is 2.97. The lowest BCUT2D eigenvalue weighted by Crippen LogP contribution is -2.44. The Kier molecular flexibility index (Phi) is 6.00. The van der Waals surface area contributed by atoms with Crippen molar-refractivity contribution in [1.29, 1.82) is 0 Å². The number of hydrogen-bond acceptors (Lipinski definition) is 5. The van der Waals surface area contributed by atoms with Crippen molar-refractivity contribution in [3.05, 3.63) is 24.3 Å². The number of rotatable bonds is 6. The molecule has 23 heavy (non-hydrogen) atoms. The van der Waals surface area contributed by atoms with E-state index in [1.54, 1.807) is 13.8 Å². The number of alkyl halides is 3. The molecule has 0 radical (unpaired) electrons. The molecule has 6 nitrogen and oxygen atoms in total. The molecule has 10 heteroatoms. The third-order valence-electron chi connectivity index (χ3n) is 2.77. The van der Waals surface area contributed by atoms with Crippen LogP contribution >= 0.6 is 0 Å². The van der Waals surface area contributed by atoms with Crippen LogP contribution in [0.3, 0.4) is 0 Å². The summed E-state index contributed by atoms with van der Waals surface area (Å²) in [6, 6.07) is 2.50. The van der Waals surface area contributed by atoms with Crippen molar-refractivity contribution in [2.75, 3.05) is 7.11 Å². The van der Waals surface area contributed by atoms with E-state index in [2.05, 4.69) is 14.2 Å². The zero-order valence-electron chi connectivity index (χ0n) is 12.5. The van der Waals surface area contributed by atoms with Crippen molar-refractivity contribution in [2.24, 2.45) is 5.92 Å². The topological polar surface area (TPSA) is 81.7 Å². The maximum atomic E-state index is 12.2. The zero-order chi connectivity index (χ0) is 17.8. The van der Waals surface area contributed by atoms with Crippen LogP contribution in [0.1, 0.15) is 13.8 Å². The minimum Gasteiger partial charge on any atom is -0.468 e. The highest BCUT2D eigenvalue weighted by atomic mass is 32.2. The average Bonchev–Trinajstić information content (AvgIpc) is 2.42. The maximum absolute atomic E-state index is 12.2. The molecule has 0 aliphatic carbocycles. The minimum atomic E-state index is -4.87. The molecule has 0 fully saturated rings. The smallest absolute Gasteiger partial charge is 0.468 e. The lowest BCUT2D eigenvalue weighted by molar-refractivity contribution is -0.274. The molecule has 1 aromatic carbocycles. The highest BCUT2D eigenvalue weighted by molar-refractivity contribution is 7.89. The number of methoxy groups -OCH3 is 1. The summed E-state index contributed by atoms with van der Waals surface area (Å²) in [4.78, 5) is 11.3. The van der Waals surface area contributed by atoms with Gasteiger partial charge in [-0.2, -0.15) is 4.72 Å². The SMILES string of the molecule is COC(=O)C(NS(=O)(=O)c1ccc(OC(F)(F)F)cc1)C(C)C. The van der Waals surface area contributed by atoms with Crippen LogP contribution in [0.4, 0.5) is 13.2 Å². The Morgan fingerprint density at radius 2 is 1.70 bits per heavy atom. The summed E-state index contributed by atoms with van der Waals surface area (Å²) in [5.74, 6) is -1.70. The maximum Gasteiger partial charge on any atom is 0.573 e. The van der Waals surface area contributed by atoms with Crippen molar-refractivity contribution in [1.82, 2.24) is 4.72 Å². The van der Waals surface area contributed by atoms with Crippen molar-refractivity contribution in [3.8, 4) is 5.75 Å². The zero-order valence-corrected chi connectivity index (χ0v) is 13.4. The van der Waals surface area contributed by atoms with E-state index in [1.807, 2.05) is 0 Å². The molecule has 0 saturated carbocycles. The van der Waals surface area contributed by atoms with E-state index in [0.717, 1.165) is 31.4 Å². The van der Waals surface area contributed by atoms with Crippen LogP contribution in [0.25, 0.3) is 0 Å². The first-order valence-electron chi connectivity index (χ1n) is 6.42. The second-order valence-electron chi connectivity index (χ2n) is 4.89. The van der Waals surface area contributed by atoms with Gasteiger partial charge >= 0.3 is 12.3 Å². The normalized spacial score (nSPS) is 13.7. The number of carbonyl (C=O) groups excluding carboxylic acids is 1. The second-order valence-corrected chi connectivity index (χ2v) is 6.60. The van der Waals surface area contributed by atoms with Gasteiger partial charge in [-0.05, 0) is 30.2 Å². The molecule has 1 aromatic rings. The average molecular weight is 355 g/mol. The van der Waals surface area contributed by atoms with Crippen LogP contribution in [-0.4, -0.2) is 33.9 Å². The van der Waals surface area contributed by atoms with E-state index in [1.165, 1.54) is 0 Å². The van der Waals surface area contributed by atoms with Crippen molar-refractivity contribution in [2.45, 2.75) is 31.1 Å². The molecule has 1 unspecified atom stereocenters. The summed E-state index contributed by atoms with van der Waals surface area (Å²) >= 11 is 0. The highest BCUT2D eigenvalue weighted by Gasteiger charge is 2.32. The van der Waals surface area contributed by atoms with Gasteiger partial charge in [0.2, 0.25) is 10.0 Å². The van der Waals surface area contributed by atoms with Crippen molar-refractivity contribution >= 4 is 16.0 Å². The predicted octanol–water partition coefficient (Wildman–Crippen LogP) is 2.06. The molecule has 1 rings (SSSR count).